The molecule has 0 spiro atoms. The lowest BCUT2D eigenvalue weighted by atomic mass is 9.81. The van der Waals surface area contributed by atoms with Crippen molar-refractivity contribution < 1.29 is 14.1 Å². The van der Waals surface area contributed by atoms with Gasteiger partial charge in [-0.1, -0.05) is 61.3 Å². The number of amidine groups is 1. The standard InChI is InChI=1S/C34H42Cl2N5O2S/c1-20(2)28-29(31(42)41(21(3)8-9-22(41)4)33(43)39(7)27-18-38(6)19-27)44-32-37-34(5,24-12-16-26(36)17-13-24)30(40(28)32)23-10-14-25(35)15-11-23/h10-17,20-22,27,30H,8-9,18-19H2,1-7H3/q+1/t21-,22?,30-,34+,41?/m1/s1. The Morgan fingerprint density at radius 2 is 1.55 bits per heavy atom. The number of imide groups is 1. The number of likely N-dealkylation sites (tertiary alicyclic amines) is 2. The van der Waals surface area contributed by atoms with Crippen molar-refractivity contribution in [3.05, 3.63) is 80.3 Å². The van der Waals surface area contributed by atoms with Gasteiger partial charge in [-0.2, -0.15) is 4.48 Å². The van der Waals surface area contributed by atoms with Crippen molar-refractivity contribution in [2.75, 3.05) is 27.2 Å². The molecule has 0 bridgehead atoms. The molecule has 0 aromatic heterocycles. The van der Waals surface area contributed by atoms with E-state index in [1.165, 1.54) is 11.8 Å². The number of halogens is 2. The van der Waals surface area contributed by atoms with Gasteiger partial charge in [-0.25, -0.2) is 14.6 Å². The lowest BCUT2D eigenvalue weighted by molar-refractivity contribution is -0.809. The summed E-state index contributed by atoms with van der Waals surface area (Å²) in [7, 11) is 3.93. The number of allylic oxidation sites excluding steroid dienone is 1. The van der Waals surface area contributed by atoms with Crippen molar-refractivity contribution in [3.8, 4) is 0 Å². The zero-order valence-electron chi connectivity index (χ0n) is 26.6. The molecule has 2 saturated heterocycles. The van der Waals surface area contributed by atoms with Crippen molar-refractivity contribution in [1.82, 2.24) is 14.7 Å². The predicted molar refractivity (Wildman–Crippen MR) is 180 cm³/mol. The lowest BCUT2D eigenvalue weighted by Crippen LogP contribution is -2.70. The van der Waals surface area contributed by atoms with Crippen LogP contribution in [0, 0.1) is 5.92 Å². The first-order chi connectivity index (χ1) is 20.8. The molecule has 10 heteroatoms. The number of quaternary nitrogens is 1. The van der Waals surface area contributed by atoms with Gasteiger partial charge in [-0.3, -0.25) is 4.90 Å². The minimum absolute atomic E-state index is 0.0119. The van der Waals surface area contributed by atoms with Gasteiger partial charge in [0, 0.05) is 48.7 Å². The Labute approximate surface area is 275 Å². The first-order valence-corrected chi connectivity index (χ1v) is 17.1. The Morgan fingerprint density at radius 3 is 2.07 bits per heavy atom. The van der Waals surface area contributed by atoms with Gasteiger partial charge >= 0.3 is 11.9 Å². The number of carbonyl (C=O) groups excluding carboxylic acids is 2. The van der Waals surface area contributed by atoms with Crippen LogP contribution in [0.4, 0.5) is 4.79 Å². The molecule has 2 unspecified atom stereocenters. The number of urea groups is 1. The van der Waals surface area contributed by atoms with Gasteiger partial charge in [0.2, 0.25) is 0 Å². The van der Waals surface area contributed by atoms with Gasteiger partial charge in [0.05, 0.1) is 12.1 Å². The fourth-order valence-electron chi connectivity index (χ4n) is 7.75. The summed E-state index contributed by atoms with van der Waals surface area (Å²) in [5, 5.41) is 2.12. The highest BCUT2D eigenvalue weighted by Gasteiger charge is 2.63. The van der Waals surface area contributed by atoms with Crippen LogP contribution >= 0.6 is 35.0 Å². The van der Waals surface area contributed by atoms with E-state index in [9.17, 15) is 4.79 Å². The molecule has 2 fully saturated rings. The maximum absolute atomic E-state index is 15.2. The molecule has 2 aromatic carbocycles. The molecule has 2 aromatic rings. The average Bonchev–Trinajstić information content (AvgIpc) is 3.58. The van der Waals surface area contributed by atoms with Crippen LogP contribution in [0.1, 0.15) is 64.6 Å². The van der Waals surface area contributed by atoms with Crippen LogP contribution in [0.2, 0.25) is 10.0 Å². The number of likely N-dealkylation sites (N-methyl/N-ethyl adjacent to an activating group) is 2. The van der Waals surface area contributed by atoms with E-state index >= 15 is 4.79 Å². The van der Waals surface area contributed by atoms with Gasteiger partial charge in [0.15, 0.2) is 5.17 Å². The van der Waals surface area contributed by atoms with Gasteiger partial charge in [-0.15, -0.1) is 0 Å². The predicted octanol–water partition coefficient (Wildman–Crippen LogP) is 7.52. The Bertz CT molecular complexity index is 1530. The Balaban J connectivity index is 1.48. The van der Waals surface area contributed by atoms with E-state index in [0.29, 0.717) is 15.0 Å². The number of hydrogen-bond donors (Lipinski definition) is 0. The molecule has 0 N–H and O–H groups in total. The molecule has 4 aliphatic heterocycles. The molecule has 0 aliphatic carbocycles. The molecular formula is C34H42Cl2N5O2S+. The monoisotopic (exact) mass is 654 g/mol. The van der Waals surface area contributed by atoms with Crippen LogP contribution in [0.3, 0.4) is 0 Å². The van der Waals surface area contributed by atoms with Gasteiger partial charge in [0.25, 0.3) is 0 Å². The lowest BCUT2D eigenvalue weighted by Gasteiger charge is -2.46. The molecule has 7 nitrogen and oxygen atoms in total. The minimum atomic E-state index is -0.651. The van der Waals surface area contributed by atoms with E-state index in [4.69, 9.17) is 28.2 Å². The van der Waals surface area contributed by atoms with Crippen molar-refractivity contribution in [1.29, 1.82) is 0 Å². The number of nitrogens with zero attached hydrogens (tertiary/aromatic N) is 5. The summed E-state index contributed by atoms with van der Waals surface area (Å²) in [6, 6.07) is 15.4. The van der Waals surface area contributed by atoms with Crippen LogP contribution in [0.15, 0.2) is 64.1 Å². The number of hydrogen-bond acceptors (Lipinski definition) is 6. The number of fused-ring (bicyclic) bond motifs is 1. The number of benzene rings is 2. The molecule has 3 amide bonds. The molecule has 4 heterocycles. The van der Waals surface area contributed by atoms with Crippen LogP contribution < -0.4 is 0 Å². The number of aliphatic imine (C=N–C) groups is 1. The third-order valence-corrected chi connectivity index (χ3v) is 11.9. The molecule has 5 atom stereocenters. The Morgan fingerprint density at radius 1 is 1.00 bits per heavy atom. The second-order valence-corrected chi connectivity index (χ2v) is 15.3. The third-order valence-electron chi connectivity index (χ3n) is 10.3. The van der Waals surface area contributed by atoms with E-state index in [0.717, 1.165) is 47.9 Å². The summed E-state index contributed by atoms with van der Waals surface area (Å²) in [5.41, 5.74) is 2.36. The van der Waals surface area contributed by atoms with Crippen molar-refractivity contribution in [2.24, 2.45) is 10.9 Å². The van der Waals surface area contributed by atoms with Crippen LogP contribution in [0.25, 0.3) is 0 Å². The maximum Gasteiger partial charge on any atom is 0.427 e. The molecule has 4 aliphatic rings. The minimum Gasteiger partial charge on any atom is -0.313 e. The summed E-state index contributed by atoms with van der Waals surface area (Å²) in [6.45, 7) is 12.2. The number of carbonyl (C=O) groups is 2. The van der Waals surface area contributed by atoms with E-state index in [1.54, 1.807) is 0 Å². The maximum atomic E-state index is 15.2. The number of rotatable bonds is 5. The van der Waals surface area contributed by atoms with E-state index in [-0.39, 0.29) is 46.5 Å². The van der Waals surface area contributed by atoms with E-state index in [1.807, 2.05) is 48.3 Å². The summed E-state index contributed by atoms with van der Waals surface area (Å²) < 4.78 is -0.170. The second-order valence-electron chi connectivity index (χ2n) is 13.5. The van der Waals surface area contributed by atoms with Crippen molar-refractivity contribution in [3.63, 3.8) is 0 Å². The Kier molecular flexibility index (Phi) is 8.24. The SMILES string of the molecule is CC(C)C1=C(C(=O)[N+]2(C(=O)N(C)C3CN(C)C3)C(C)CC[C@H]2C)SC2=N[C@@](C)(c3ccc(Cl)cc3)[C@@H](c3ccc(Cl)cc3)N21. The molecule has 6 rings (SSSR count). The number of thioether (sulfide) groups is 1. The first-order valence-electron chi connectivity index (χ1n) is 15.5. The fraction of sp³-hybridized carbons (Fsp3) is 0.500. The summed E-state index contributed by atoms with van der Waals surface area (Å²) >= 11 is 14.1. The average molecular weight is 656 g/mol. The van der Waals surface area contributed by atoms with Crippen molar-refractivity contribution >= 4 is 52.1 Å². The van der Waals surface area contributed by atoms with Crippen LogP contribution in [-0.4, -0.2) is 81.6 Å². The van der Waals surface area contributed by atoms with E-state index in [2.05, 4.69) is 63.6 Å². The highest BCUT2D eigenvalue weighted by molar-refractivity contribution is 8.18. The first kappa shape index (κ1) is 31.6. The largest absolute Gasteiger partial charge is 0.427 e. The van der Waals surface area contributed by atoms with Crippen molar-refractivity contribution in [2.45, 2.75) is 77.2 Å². The Hall–Kier alpha value is -2.36. The molecular weight excluding hydrogens is 613 g/mol. The van der Waals surface area contributed by atoms with Crippen LogP contribution in [0.5, 0.6) is 0 Å². The normalized spacial score (nSPS) is 30.5. The van der Waals surface area contributed by atoms with Gasteiger partial charge in [-0.05, 0) is 80.9 Å². The zero-order chi connectivity index (χ0) is 31.7. The van der Waals surface area contributed by atoms with Gasteiger partial charge < -0.3 is 9.80 Å². The molecule has 44 heavy (non-hydrogen) atoms. The highest BCUT2D eigenvalue weighted by Crippen LogP contribution is 2.57. The summed E-state index contributed by atoms with van der Waals surface area (Å²) in [4.78, 5) is 42.0. The molecule has 234 valence electrons. The number of amides is 3. The summed E-state index contributed by atoms with van der Waals surface area (Å²) in [5.74, 6) is -0.0845. The topological polar surface area (TPSA) is 56.2 Å². The zero-order valence-corrected chi connectivity index (χ0v) is 28.9. The molecule has 0 radical (unpaired) electrons. The second kappa shape index (κ2) is 11.5. The quantitative estimate of drug-likeness (QED) is 0.312. The summed E-state index contributed by atoms with van der Waals surface area (Å²) in [6.07, 6.45) is 1.66. The van der Waals surface area contributed by atoms with E-state index < -0.39 is 5.54 Å². The third kappa shape index (κ3) is 4.75. The smallest absolute Gasteiger partial charge is 0.313 e. The fourth-order valence-corrected chi connectivity index (χ4v) is 9.40. The highest BCUT2D eigenvalue weighted by atomic mass is 35.5. The van der Waals surface area contributed by atoms with Crippen LogP contribution in [-0.2, 0) is 10.3 Å². The molecule has 0 saturated carbocycles. The van der Waals surface area contributed by atoms with Gasteiger partial charge in [0.1, 0.15) is 22.5 Å².